The summed E-state index contributed by atoms with van der Waals surface area (Å²) in [6.07, 6.45) is 2.34. The normalized spacial score (nSPS) is 14.1. The molecule has 1 heterocycles. The van der Waals surface area contributed by atoms with Crippen LogP contribution in [0.3, 0.4) is 0 Å². The molecule has 0 aromatic heterocycles. The smallest absolute Gasteiger partial charge is 0.340 e. The SMILES string of the molecule is O=C(OCc1ccccc1)c1ccc(Br)cc1N1CCCC1. The molecule has 1 saturated heterocycles. The summed E-state index contributed by atoms with van der Waals surface area (Å²) in [5.41, 5.74) is 2.60. The summed E-state index contributed by atoms with van der Waals surface area (Å²) >= 11 is 3.49. The monoisotopic (exact) mass is 359 g/mol. The Morgan fingerprint density at radius 3 is 2.55 bits per heavy atom. The first-order valence-corrected chi connectivity index (χ1v) is 8.29. The molecule has 0 aliphatic carbocycles. The molecule has 0 atom stereocenters. The molecule has 0 unspecified atom stereocenters. The molecule has 0 spiro atoms. The van der Waals surface area contributed by atoms with E-state index in [1.807, 2.05) is 48.5 Å². The van der Waals surface area contributed by atoms with E-state index < -0.39 is 0 Å². The van der Waals surface area contributed by atoms with Crippen molar-refractivity contribution in [2.75, 3.05) is 18.0 Å². The number of hydrogen-bond donors (Lipinski definition) is 0. The molecule has 4 heteroatoms. The van der Waals surface area contributed by atoms with Crippen LogP contribution in [0.4, 0.5) is 5.69 Å². The van der Waals surface area contributed by atoms with Gasteiger partial charge < -0.3 is 9.64 Å². The fourth-order valence-electron chi connectivity index (χ4n) is 2.70. The average Bonchev–Trinajstić information content (AvgIpc) is 3.08. The number of benzene rings is 2. The minimum absolute atomic E-state index is 0.266. The van der Waals surface area contributed by atoms with Crippen LogP contribution in [0.5, 0.6) is 0 Å². The lowest BCUT2D eigenvalue weighted by Crippen LogP contribution is -2.21. The third-order valence-electron chi connectivity index (χ3n) is 3.84. The van der Waals surface area contributed by atoms with Crippen molar-refractivity contribution in [3.05, 3.63) is 64.1 Å². The standard InChI is InChI=1S/C18H18BrNO2/c19-15-8-9-16(17(12-15)20-10-4-5-11-20)18(21)22-13-14-6-2-1-3-7-14/h1-3,6-9,12H,4-5,10-11,13H2. The maximum atomic E-state index is 12.4. The van der Waals surface area contributed by atoms with E-state index in [9.17, 15) is 4.79 Å². The van der Waals surface area contributed by atoms with Gasteiger partial charge in [0.25, 0.3) is 0 Å². The highest BCUT2D eigenvalue weighted by Gasteiger charge is 2.20. The molecule has 22 heavy (non-hydrogen) atoms. The molecule has 1 aliphatic rings. The van der Waals surface area contributed by atoms with E-state index in [1.54, 1.807) is 0 Å². The zero-order valence-electron chi connectivity index (χ0n) is 12.3. The Morgan fingerprint density at radius 2 is 1.82 bits per heavy atom. The van der Waals surface area contributed by atoms with Crippen LogP contribution in [-0.2, 0) is 11.3 Å². The van der Waals surface area contributed by atoms with Gasteiger partial charge in [-0.15, -0.1) is 0 Å². The van der Waals surface area contributed by atoms with Crippen LogP contribution < -0.4 is 4.90 Å². The first kappa shape index (κ1) is 15.1. The molecule has 3 nitrogen and oxygen atoms in total. The maximum Gasteiger partial charge on any atom is 0.340 e. The molecule has 0 radical (unpaired) electrons. The van der Waals surface area contributed by atoms with Gasteiger partial charge in [0.05, 0.1) is 11.3 Å². The number of ether oxygens (including phenoxy) is 1. The van der Waals surface area contributed by atoms with Gasteiger partial charge in [-0.2, -0.15) is 0 Å². The van der Waals surface area contributed by atoms with E-state index >= 15 is 0 Å². The highest BCUT2D eigenvalue weighted by atomic mass is 79.9. The maximum absolute atomic E-state index is 12.4. The largest absolute Gasteiger partial charge is 0.457 e. The second-order valence-corrected chi connectivity index (χ2v) is 6.33. The van der Waals surface area contributed by atoms with Crippen molar-refractivity contribution in [3.63, 3.8) is 0 Å². The van der Waals surface area contributed by atoms with Crippen molar-refractivity contribution >= 4 is 27.6 Å². The minimum Gasteiger partial charge on any atom is -0.457 e. The van der Waals surface area contributed by atoms with Crippen molar-refractivity contribution in [1.29, 1.82) is 0 Å². The number of carbonyl (C=O) groups excluding carboxylic acids is 1. The van der Waals surface area contributed by atoms with Crippen molar-refractivity contribution < 1.29 is 9.53 Å². The highest BCUT2D eigenvalue weighted by Crippen LogP contribution is 2.29. The lowest BCUT2D eigenvalue weighted by Gasteiger charge is -2.21. The zero-order valence-corrected chi connectivity index (χ0v) is 13.9. The van der Waals surface area contributed by atoms with Crippen LogP contribution in [0.25, 0.3) is 0 Å². The van der Waals surface area contributed by atoms with Gasteiger partial charge in [0.2, 0.25) is 0 Å². The Hall–Kier alpha value is -1.81. The van der Waals surface area contributed by atoms with Gasteiger partial charge in [0, 0.05) is 17.6 Å². The first-order chi connectivity index (χ1) is 10.7. The lowest BCUT2D eigenvalue weighted by molar-refractivity contribution is 0.0473. The third-order valence-corrected chi connectivity index (χ3v) is 4.33. The number of halogens is 1. The van der Waals surface area contributed by atoms with Gasteiger partial charge in [-0.3, -0.25) is 0 Å². The third kappa shape index (κ3) is 3.50. The van der Waals surface area contributed by atoms with Gasteiger partial charge in [-0.25, -0.2) is 4.79 Å². The molecule has 0 saturated carbocycles. The number of anilines is 1. The number of esters is 1. The quantitative estimate of drug-likeness (QED) is 0.757. The molecule has 0 amide bonds. The summed E-state index contributed by atoms with van der Waals surface area (Å²) in [6, 6.07) is 15.5. The van der Waals surface area contributed by atoms with Gasteiger partial charge in [0.1, 0.15) is 6.61 Å². The van der Waals surface area contributed by atoms with Gasteiger partial charge >= 0.3 is 5.97 Å². The van der Waals surface area contributed by atoms with Crippen LogP contribution >= 0.6 is 15.9 Å². The topological polar surface area (TPSA) is 29.5 Å². The summed E-state index contributed by atoms with van der Waals surface area (Å²) in [5.74, 6) is -0.266. The second-order valence-electron chi connectivity index (χ2n) is 5.42. The first-order valence-electron chi connectivity index (χ1n) is 7.49. The van der Waals surface area contributed by atoms with Gasteiger partial charge in [-0.05, 0) is 36.6 Å². The molecule has 3 rings (SSSR count). The van der Waals surface area contributed by atoms with Crippen LogP contribution in [0.2, 0.25) is 0 Å². The summed E-state index contributed by atoms with van der Waals surface area (Å²) < 4.78 is 6.45. The molecular weight excluding hydrogens is 342 g/mol. The van der Waals surface area contributed by atoms with E-state index in [4.69, 9.17) is 4.74 Å². The van der Waals surface area contributed by atoms with Gasteiger partial charge in [-0.1, -0.05) is 46.3 Å². The Balaban J connectivity index is 1.76. The van der Waals surface area contributed by atoms with E-state index in [0.717, 1.165) is 28.8 Å². The van der Waals surface area contributed by atoms with Crippen LogP contribution in [-0.4, -0.2) is 19.1 Å². The number of hydrogen-bond acceptors (Lipinski definition) is 3. The summed E-state index contributed by atoms with van der Waals surface area (Å²) in [7, 11) is 0. The number of carbonyl (C=O) groups is 1. The van der Waals surface area contributed by atoms with Crippen LogP contribution in [0.1, 0.15) is 28.8 Å². The fourth-order valence-corrected chi connectivity index (χ4v) is 3.05. The molecular formula is C18H18BrNO2. The molecule has 0 bridgehead atoms. The van der Waals surface area contributed by atoms with Crippen molar-refractivity contribution in [2.24, 2.45) is 0 Å². The molecule has 2 aromatic carbocycles. The fraction of sp³-hybridized carbons (Fsp3) is 0.278. The van der Waals surface area contributed by atoms with E-state index in [1.165, 1.54) is 12.8 Å². The second kappa shape index (κ2) is 6.97. The predicted molar refractivity (Wildman–Crippen MR) is 91.2 cm³/mol. The molecule has 1 aliphatic heterocycles. The zero-order chi connectivity index (χ0) is 15.4. The van der Waals surface area contributed by atoms with Crippen molar-refractivity contribution in [1.82, 2.24) is 0 Å². The summed E-state index contributed by atoms with van der Waals surface area (Å²) in [5, 5.41) is 0. The Morgan fingerprint density at radius 1 is 1.09 bits per heavy atom. The minimum atomic E-state index is -0.266. The van der Waals surface area contributed by atoms with Crippen molar-refractivity contribution in [3.8, 4) is 0 Å². The summed E-state index contributed by atoms with van der Waals surface area (Å²) in [6.45, 7) is 2.29. The van der Waals surface area contributed by atoms with Crippen molar-refractivity contribution in [2.45, 2.75) is 19.4 Å². The van der Waals surface area contributed by atoms with E-state index in [0.29, 0.717) is 12.2 Å². The Kier molecular flexibility index (Phi) is 4.78. The number of rotatable bonds is 4. The van der Waals surface area contributed by atoms with Gasteiger partial charge in [0.15, 0.2) is 0 Å². The Labute approximate surface area is 139 Å². The molecule has 0 N–H and O–H groups in total. The van der Waals surface area contributed by atoms with Crippen LogP contribution in [0, 0.1) is 0 Å². The Bertz CT molecular complexity index is 651. The summed E-state index contributed by atoms with van der Waals surface area (Å²) in [4.78, 5) is 14.7. The molecule has 1 fully saturated rings. The molecule has 114 valence electrons. The average molecular weight is 360 g/mol. The predicted octanol–water partition coefficient (Wildman–Crippen LogP) is 4.41. The highest BCUT2D eigenvalue weighted by molar-refractivity contribution is 9.10. The number of nitrogens with zero attached hydrogens (tertiary/aromatic N) is 1. The van der Waals surface area contributed by atoms with Crippen LogP contribution in [0.15, 0.2) is 53.0 Å². The van der Waals surface area contributed by atoms with E-state index in [-0.39, 0.29) is 5.97 Å². The van der Waals surface area contributed by atoms with E-state index in [2.05, 4.69) is 20.8 Å². The molecule has 2 aromatic rings. The lowest BCUT2D eigenvalue weighted by atomic mass is 10.1.